The van der Waals surface area contributed by atoms with Gasteiger partial charge < -0.3 is 30.2 Å². The average molecular weight is 640 g/mol. The molecule has 0 saturated heterocycles. The number of nitrogens with one attached hydrogen (secondary N) is 3. The number of methoxy groups -OCH3 is 3. The molecule has 0 radical (unpaired) electrons. The van der Waals surface area contributed by atoms with Crippen LogP contribution < -0.4 is 30.2 Å². The van der Waals surface area contributed by atoms with Crippen LogP contribution in [0.3, 0.4) is 0 Å². The smallest absolute Gasteiger partial charge is 0.272 e. The minimum Gasteiger partial charge on any atom is -0.493 e. The van der Waals surface area contributed by atoms with E-state index < -0.39 is 17.1 Å². The predicted octanol–water partition coefficient (Wildman–Crippen LogP) is 6.86. The second-order valence-electron chi connectivity index (χ2n) is 10.4. The standard InChI is InChI=1S/C36H37N3O6S/c1-22-15-16-28(17-23(22)2)37-34(40)24(3)46-29-14-10-13-27(21-29)38-36(42)30(39-35(41)26-11-8-7-9-12-26)18-25-19-31(43-4)33(45-6)32(20-25)44-5/h7-21,24H,1-6H3,(H,37,40)(H,38,42)(H,39,41)/b30-18+. The van der Waals surface area contributed by atoms with Crippen LogP contribution in [0.15, 0.2) is 95.5 Å². The third-order valence-electron chi connectivity index (χ3n) is 7.08. The first-order valence-electron chi connectivity index (χ1n) is 14.5. The molecule has 4 aromatic rings. The van der Waals surface area contributed by atoms with E-state index in [0.29, 0.717) is 34.1 Å². The van der Waals surface area contributed by atoms with Crippen molar-refractivity contribution >= 4 is 46.9 Å². The number of aryl methyl sites for hydroxylation is 2. The van der Waals surface area contributed by atoms with E-state index in [1.165, 1.54) is 39.2 Å². The predicted molar refractivity (Wildman–Crippen MR) is 183 cm³/mol. The summed E-state index contributed by atoms with van der Waals surface area (Å²) in [4.78, 5) is 40.5. The van der Waals surface area contributed by atoms with Crippen LogP contribution in [-0.2, 0) is 9.59 Å². The van der Waals surface area contributed by atoms with Gasteiger partial charge in [-0.15, -0.1) is 11.8 Å². The Bertz CT molecular complexity index is 1730. The highest BCUT2D eigenvalue weighted by atomic mass is 32.2. The maximum atomic E-state index is 13.7. The molecular weight excluding hydrogens is 602 g/mol. The zero-order chi connectivity index (χ0) is 33.2. The fourth-order valence-corrected chi connectivity index (χ4v) is 5.39. The molecule has 9 nitrogen and oxygen atoms in total. The molecule has 1 atom stereocenters. The van der Waals surface area contributed by atoms with Crippen LogP contribution >= 0.6 is 11.8 Å². The van der Waals surface area contributed by atoms with Gasteiger partial charge in [-0.05, 0) is 98.1 Å². The van der Waals surface area contributed by atoms with Crippen LogP contribution in [0.4, 0.5) is 11.4 Å². The number of rotatable bonds is 12. The molecule has 0 fully saturated rings. The molecule has 3 amide bonds. The maximum absolute atomic E-state index is 13.7. The summed E-state index contributed by atoms with van der Waals surface area (Å²) >= 11 is 1.36. The van der Waals surface area contributed by atoms with E-state index in [9.17, 15) is 14.4 Å². The molecular formula is C36H37N3O6S. The van der Waals surface area contributed by atoms with Crippen molar-refractivity contribution in [3.63, 3.8) is 0 Å². The van der Waals surface area contributed by atoms with Crippen molar-refractivity contribution in [2.24, 2.45) is 0 Å². The largest absolute Gasteiger partial charge is 0.493 e. The number of benzene rings is 4. The molecule has 0 aromatic heterocycles. The number of hydrogen-bond acceptors (Lipinski definition) is 7. The first kappa shape index (κ1) is 33.7. The lowest BCUT2D eigenvalue weighted by atomic mass is 10.1. The molecule has 0 spiro atoms. The number of amides is 3. The summed E-state index contributed by atoms with van der Waals surface area (Å²) in [7, 11) is 4.49. The molecule has 0 aliphatic heterocycles. The summed E-state index contributed by atoms with van der Waals surface area (Å²) < 4.78 is 16.3. The van der Waals surface area contributed by atoms with Crippen molar-refractivity contribution < 1.29 is 28.6 Å². The van der Waals surface area contributed by atoms with Crippen molar-refractivity contribution in [3.05, 3.63) is 113 Å². The Balaban J connectivity index is 1.56. The highest BCUT2D eigenvalue weighted by Crippen LogP contribution is 2.38. The van der Waals surface area contributed by atoms with Crippen LogP contribution in [0.1, 0.15) is 34.0 Å². The Morgan fingerprint density at radius 2 is 1.41 bits per heavy atom. The van der Waals surface area contributed by atoms with Gasteiger partial charge in [0.2, 0.25) is 11.7 Å². The molecule has 238 valence electrons. The monoisotopic (exact) mass is 639 g/mol. The van der Waals surface area contributed by atoms with Gasteiger partial charge in [-0.2, -0.15) is 0 Å². The van der Waals surface area contributed by atoms with Crippen LogP contribution in [-0.4, -0.2) is 44.3 Å². The first-order chi connectivity index (χ1) is 22.1. The maximum Gasteiger partial charge on any atom is 0.272 e. The molecule has 0 saturated carbocycles. The summed E-state index contributed by atoms with van der Waals surface area (Å²) in [6.07, 6.45) is 1.53. The summed E-state index contributed by atoms with van der Waals surface area (Å²) in [6, 6.07) is 24.9. The lowest BCUT2D eigenvalue weighted by Gasteiger charge is -2.15. The van der Waals surface area contributed by atoms with E-state index >= 15 is 0 Å². The third kappa shape index (κ3) is 8.70. The van der Waals surface area contributed by atoms with Crippen molar-refractivity contribution in [2.75, 3.05) is 32.0 Å². The second-order valence-corrected chi connectivity index (χ2v) is 11.8. The molecule has 4 rings (SSSR count). The summed E-state index contributed by atoms with van der Waals surface area (Å²) in [6.45, 7) is 5.85. The number of anilines is 2. The number of ether oxygens (including phenoxy) is 3. The van der Waals surface area contributed by atoms with Crippen molar-refractivity contribution in [3.8, 4) is 17.2 Å². The van der Waals surface area contributed by atoms with Crippen molar-refractivity contribution in [1.82, 2.24) is 5.32 Å². The topological polar surface area (TPSA) is 115 Å². The zero-order valence-electron chi connectivity index (χ0n) is 26.6. The van der Waals surface area contributed by atoms with Gasteiger partial charge in [0.15, 0.2) is 11.5 Å². The van der Waals surface area contributed by atoms with Gasteiger partial charge >= 0.3 is 0 Å². The molecule has 1 unspecified atom stereocenters. The SMILES string of the molecule is COc1cc(/C=C(/NC(=O)c2ccccc2)C(=O)Nc2cccc(SC(C)C(=O)Nc3ccc(C)c(C)c3)c2)cc(OC)c1OC. The lowest BCUT2D eigenvalue weighted by molar-refractivity contribution is -0.115. The molecule has 0 aliphatic rings. The van der Waals surface area contributed by atoms with E-state index in [-0.39, 0.29) is 11.6 Å². The van der Waals surface area contributed by atoms with E-state index in [2.05, 4.69) is 16.0 Å². The minimum atomic E-state index is -0.555. The first-order valence-corrected chi connectivity index (χ1v) is 15.3. The van der Waals surface area contributed by atoms with Crippen LogP contribution in [0.25, 0.3) is 6.08 Å². The quantitative estimate of drug-likeness (QED) is 0.115. The van der Waals surface area contributed by atoms with Crippen LogP contribution in [0.2, 0.25) is 0 Å². The Morgan fingerprint density at radius 1 is 0.739 bits per heavy atom. The number of thioether (sulfide) groups is 1. The van der Waals surface area contributed by atoms with Gasteiger partial charge in [0.1, 0.15) is 5.70 Å². The highest BCUT2D eigenvalue weighted by Gasteiger charge is 2.19. The second kappa shape index (κ2) is 15.7. The highest BCUT2D eigenvalue weighted by molar-refractivity contribution is 8.00. The molecule has 46 heavy (non-hydrogen) atoms. The van der Waals surface area contributed by atoms with Gasteiger partial charge in [0, 0.05) is 21.8 Å². The minimum absolute atomic E-state index is 0.0117. The van der Waals surface area contributed by atoms with E-state index in [1.807, 2.05) is 45.0 Å². The number of carbonyl (C=O) groups is 3. The van der Waals surface area contributed by atoms with E-state index in [0.717, 1.165) is 21.7 Å². The summed E-state index contributed by atoms with van der Waals surface area (Å²) in [5.41, 5.74) is 4.38. The van der Waals surface area contributed by atoms with Gasteiger partial charge in [-0.1, -0.05) is 30.3 Å². The molecule has 4 aromatic carbocycles. The van der Waals surface area contributed by atoms with Crippen LogP contribution in [0.5, 0.6) is 17.2 Å². The van der Waals surface area contributed by atoms with Gasteiger partial charge in [-0.3, -0.25) is 14.4 Å². The molecule has 0 heterocycles. The fourth-order valence-electron chi connectivity index (χ4n) is 4.46. The number of hydrogen-bond donors (Lipinski definition) is 3. The summed E-state index contributed by atoms with van der Waals surface area (Å²) in [5, 5.41) is 8.16. The fraction of sp³-hybridized carbons (Fsp3) is 0.194. The molecule has 10 heteroatoms. The molecule has 3 N–H and O–H groups in total. The summed E-state index contributed by atoms with van der Waals surface area (Å²) in [5.74, 6) is 0.0305. The van der Waals surface area contributed by atoms with Crippen LogP contribution in [0, 0.1) is 13.8 Å². The van der Waals surface area contributed by atoms with E-state index in [1.54, 1.807) is 60.7 Å². The van der Waals surface area contributed by atoms with Gasteiger partial charge in [-0.25, -0.2) is 0 Å². The molecule has 0 aliphatic carbocycles. The Morgan fingerprint density at radius 3 is 2.04 bits per heavy atom. The zero-order valence-corrected chi connectivity index (χ0v) is 27.4. The van der Waals surface area contributed by atoms with Gasteiger partial charge in [0.25, 0.3) is 11.8 Å². The van der Waals surface area contributed by atoms with Crippen molar-refractivity contribution in [1.29, 1.82) is 0 Å². The third-order valence-corrected chi connectivity index (χ3v) is 8.17. The van der Waals surface area contributed by atoms with Gasteiger partial charge in [0.05, 0.1) is 26.6 Å². The average Bonchev–Trinajstić information content (AvgIpc) is 3.06. The van der Waals surface area contributed by atoms with E-state index in [4.69, 9.17) is 14.2 Å². The Hall–Kier alpha value is -5.22. The van der Waals surface area contributed by atoms with Crippen molar-refractivity contribution in [2.45, 2.75) is 30.9 Å². The number of carbonyl (C=O) groups excluding carboxylic acids is 3. The Kier molecular flexibility index (Phi) is 11.5. The lowest BCUT2D eigenvalue weighted by Crippen LogP contribution is -2.30. The normalized spacial score (nSPS) is 11.7. The molecule has 0 bridgehead atoms. The Labute approximate surface area is 273 Å².